The molecule has 1 aromatic heterocycles. The molecule has 100 valence electrons. The minimum Gasteiger partial charge on any atom is -0.408 e. The lowest BCUT2D eigenvalue weighted by Gasteiger charge is -2.13. The van der Waals surface area contributed by atoms with Crippen LogP contribution in [0, 0.1) is 0 Å². The zero-order valence-corrected chi connectivity index (χ0v) is 10.8. The standard InChI is InChI=1S/C16H14N2O2/c19-16-18-14-9-12(5-6-15(14)20-16)17-13-7-10-3-1-2-4-11(10)8-13/h1-6,9,13,17H,7-8H2,(H,18,19). The fraction of sp³-hybridized carbons (Fsp3) is 0.188. The topological polar surface area (TPSA) is 58.0 Å². The summed E-state index contributed by atoms with van der Waals surface area (Å²) in [6, 6.07) is 14.6. The highest BCUT2D eigenvalue weighted by atomic mass is 16.4. The third-order valence-electron chi connectivity index (χ3n) is 3.84. The molecular weight excluding hydrogens is 252 g/mol. The fourth-order valence-electron chi connectivity index (χ4n) is 2.94. The molecule has 0 fully saturated rings. The Kier molecular flexibility index (Phi) is 2.42. The molecule has 4 nitrogen and oxygen atoms in total. The van der Waals surface area contributed by atoms with E-state index < -0.39 is 5.76 Å². The molecule has 0 spiro atoms. The van der Waals surface area contributed by atoms with Crippen LogP contribution in [0.1, 0.15) is 11.1 Å². The number of fused-ring (bicyclic) bond motifs is 2. The summed E-state index contributed by atoms with van der Waals surface area (Å²) in [6.07, 6.45) is 2.08. The number of nitrogens with one attached hydrogen (secondary N) is 2. The van der Waals surface area contributed by atoms with E-state index in [1.807, 2.05) is 18.2 Å². The summed E-state index contributed by atoms with van der Waals surface area (Å²) >= 11 is 0. The third-order valence-corrected chi connectivity index (χ3v) is 3.84. The molecule has 0 amide bonds. The molecule has 0 unspecified atom stereocenters. The maximum atomic E-state index is 11.2. The highest BCUT2D eigenvalue weighted by molar-refractivity contribution is 5.76. The number of hydrogen-bond acceptors (Lipinski definition) is 3. The Labute approximate surface area is 115 Å². The van der Waals surface area contributed by atoms with E-state index >= 15 is 0 Å². The smallest absolute Gasteiger partial charge is 0.408 e. The zero-order valence-electron chi connectivity index (χ0n) is 10.8. The Bertz CT molecular complexity index is 807. The van der Waals surface area contributed by atoms with Crippen LogP contribution in [0.3, 0.4) is 0 Å². The molecular formula is C16H14N2O2. The van der Waals surface area contributed by atoms with Gasteiger partial charge in [-0.05, 0) is 42.2 Å². The maximum absolute atomic E-state index is 11.2. The SMILES string of the molecule is O=c1[nH]c2cc(NC3Cc4ccccc4C3)ccc2o1. The Morgan fingerprint density at radius 3 is 2.60 bits per heavy atom. The van der Waals surface area contributed by atoms with Gasteiger partial charge in [0.25, 0.3) is 0 Å². The molecule has 0 radical (unpaired) electrons. The first-order valence-corrected chi connectivity index (χ1v) is 6.74. The highest BCUT2D eigenvalue weighted by Gasteiger charge is 2.20. The van der Waals surface area contributed by atoms with Crippen molar-refractivity contribution in [3.63, 3.8) is 0 Å². The van der Waals surface area contributed by atoms with Crippen LogP contribution in [0.5, 0.6) is 0 Å². The van der Waals surface area contributed by atoms with Crippen molar-refractivity contribution in [2.75, 3.05) is 5.32 Å². The minimum atomic E-state index is -0.412. The maximum Gasteiger partial charge on any atom is 0.417 e. The number of rotatable bonds is 2. The van der Waals surface area contributed by atoms with Gasteiger partial charge in [0.05, 0.1) is 5.52 Å². The number of anilines is 1. The van der Waals surface area contributed by atoms with E-state index in [2.05, 4.69) is 34.6 Å². The van der Waals surface area contributed by atoms with Crippen LogP contribution in [-0.2, 0) is 12.8 Å². The van der Waals surface area contributed by atoms with Crippen LogP contribution in [0.4, 0.5) is 5.69 Å². The van der Waals surface area contributed by atoms with Crippen molar-refractivity contribution in [2.45, 2.75) is 18.9 Å². The summed E-state index contributed by atoms with van der Waals surface area (Å²) in [5, 5.41) is 3.53. The van der Waals surface area contributed by atoms with Crippen LogP contribution in [-0.4, -0.2) is 11.0 Å². The quantitative estimate of drug-likeness (QED) is 0.749. The fourth-order valence-corrected chi connectivity index (χ4v) is 2.94. The largest absolute Gasteiger partial charge is 0.417 e. The number of oxazole rings is 1. The molecule has 20 heavy (non-hydrogen) atoms. The van der Waals surface area contributed by atoms with Crippen LogP contribution in [0.2, 0.25) is 0 Å². The second-order valence-electron chi connectivity index (χ2n) is 5.24. The summed E-state index contributed by atoms with van der Waals surface area (Å²) in [4.78, 5) is 13.8. The van der Waals surface area contributed by atoms with Crippen molar-refractivity contribution in [1.82, 2.24) is 4.98 Å². The predicted molar refractivity (Wildman–Crippen MR) is 78.1 cm³/mol. The Balaban J connectivity index is 1.58. The van der Waals surface area contributed by atoms with Crippen molar-refractivity contribution in [2.24, 2.45) is 0 Å². The Morgan fingerprint density at radius 1 is 1.10 bits per heavy atom. The summed E-state index contributed by atoms with van der Waals surface area (Å²) in [6.45, 7) is 0. The molecule has 0 bridgehead atoms. The first-order valence-electron chi connectivity index (χ1n) is 6.74. The molecule has 1 aliphatic rings. The van der Waals surface area contributed by atoms with E-state index in [0.717, 1.165) is 24.0 Å². The summed E-state index contributed by atoms with van der Waals surface area (Å²) in [5.74, 6) is -0.412. The highest BCUT2D eigenvalue weighted by Crippen LogP contribution is 2.25. The van der Waals surface area contributed by atoms with Gasteiger partial charge in [-0.25, -0.2) is 4.79 Å². The van der Waals surface area contributed by atoms with E-state index in [1.165, 1.54) is 11.1 Å². The predicted octanol–water partition coefficient (Wildman–Crippen LogP) is 2.70. The van der Waals surface area contributed by atoms with Gasteiger partial charge in [0.2, 0.25) is 0 Å². The van der Waals surface area contributed by atoms with Gasteiger partial charge in [-0.2, -0.15) is 0 Å². The normalized spacial score (nSPS) is 14.6. The van der Waals surface area contributed by atoms with Gasteiger partial charge in [-0.15, -0.1) is 0 Å². The summed E-state index contributed by atoms with van der Waals surface area (Å²) < 4.78 is 5.00. The van der Waals surface area contributed by atoms with Crippen molar-refractivity contribution >= 4 is 16.8 Å². The molecule has 1 heterocycles. The zero-order chi connectivity index (χ0) is 13.5. The summed E-state index contributed by atoms with van der Waals surface area (Å²) in [7, 11) is 0. The second-order valence-corrected chi connectivity index (χ2v) is 5.24. The van der Waals surface area contributed by atoms with Crippen LogP contribution >= 0.6 is 0 Å². The third kappa shape index (κ3) is 1.90. The van der Waals surface area contributed by atoms with Gasteiger partial charge in [0.1, 0.15) is 0 Å². The van der Waals surface area contributed by atoms with Gasteiger partial charge >= 0.3 is 5.76 Å². The van der Waals surface area contributed by atoms with Gasteiger partial charge in [0, 0.05) is 11.7 Å². The van der Waals surface area contributed by atoms with E-state index in [4.69, 9.17) is 4.42 Å². The van der Waals surface area contributed by atoms with Gasteiger partial charge < -0.3 is 9.73 Å². The van der Waals surface area contributed by atoms with Crippen molar-refractivity contribution in [3.8, 4) is 0 Å². The Hall–Kier alpha value is -2.49. The first-order chi connectivity index (χ1) is 9.78. The molecule has 0 aliphatic heterocycles. The monoisotopic (exact) mass is 266 g/mol. The Morgan fingerprint density at radius 2 is 1.85 bits per heavy atom. The second kappa shape index (κ2) is 4.27. The van der Waals surface area contributed by atoms with Crippen LogP contribution < -0.4 is 11.1 Å². The first kappa shape index (κ1) is 11.3. The molecule has 4 rings (SSSR count). The lowest BCUT2D eigenvalue weighted by atomic mass is 10.1. The van der Waals surface area contributed by atoms with Crippen LogP contribution in [0.15, 0.2) is 51.7 Å². The minimum absolute atomic E-state index is 0.406. The molecule has 2 aromatic carbocycles. The van der Waals surface area contributed by atoms with Gasteiger partial charge in [-0.3, -0.25) is 4.98 Å². The van der Waals surface area contributed by atoms with Gasteiger partial charge in [0.15, 0.2) is 5.58 Å². The lowest BCUT2D eigenvalue weighted by Crippen LogP contribution is -2.19. The lowest BCUT2D eigenvalue weighted by molar-refractivity contribution is 0.555. The van der Waals surface area contributed by atoms with E-state index in [9.17, 15) is 4.79 Å². The van der Waals surface area contributed by atoms with E-state index in [-0.39, 0.29) is 0 Å². The van der Waals surface area contributed by atoms with E-state index in [0.29, 0.717) is 11.6 Å². The molecule has 4 heteroatoms. The number of benzene rings is 2. The van der Waals surface area contributed by atoms with Crippen molar-refractivity contribution in [3.05, 3.63) is 64.1 Å². The number of aromatic nitrogens is 1. The molecule has 2 N–H and O–H groups in total. The molecule has 0 saturated carbocycles. The molecule has 3 aromatic rings. The molecule has 1 aliphatic carbocycles. The molecule has 0 atom stereocenters. The van der Waals surface area contributed by atoms with Crippen molar-refractivity contribution < 1.29 is 4.42 Å². The number of H-pyrrole nitrogens is 1. The van der Waals surface area contributed by atoms with Crippen LogP contribution in [0.25, 0.3) is 11.1 Å². The number of hydrogen-bond donors (Lipinski definition) is 2. The average Bonchev–Trinajstić information content (AvgIpc) is 2.99. The average molecular weight is 266 g/mol. The van der Waals surface area contributed by atoms with Crippen molar-refractivity contribution in [1.29, 1.82) is 0 Å². The van der Waals surface area contributed by atoms with E-state index in [1.54, 1.807) is 0 Å². The number of aromatic amines is 1. The van der Waals surface area contributed by atoms with Gasteiger partial charge in [-0.1, -0.05) is 24.3 Å². The molecule has 0 saturated heterocycles. The summed E-state index contributed by atoms with van der Waals surface area (Å²) in [5.41, 5.74) is 5.17.